The Morgan fingerprint density at radius 1 is 1.14 bits per heavy atom. The molecule has 1 aliphatic carbocycles. The Morgan fingerprint density at radius 3 is 2.61 bits per heavy atom. The zero-order chi connectivity index (χ0) is 19.3. The van der Waals surface area contributed by atoms with Crippen molar-refractivity contribution in [3.05, 3.63) is 52.8 Å². The zero-order valence-electron chi connectivity index (χ0n) is 17.0. The van der Waals surface area contributed by atoms with Gasteiger partial charge in [0.2, 0.25) is 0 Å². The summed E-state index contributed by atoms with van der Waals surface area (Å²) < 4.78 is 2.10. The number of rotatable bonds is 5. The van der Waals surface area contributed by atoms with Gasteiger partial charge in [-0.05, 0) is 57.2 Å². The van der Waals surface area contributed by atoms with Crippen molar-refractivity contribution in [3.8, 4) is 0 Å². The minimum Gasteiger partial charge on any atom is -0.354 e. The first-order valence-electron chi connectivity index (χ1n) is 10.8. The number of amides is 1. The molecule has 2 aromatic rings. The standard InChI is InChI=1S/C23H32N4O/c1-24-23(28)22-20-17-19(26-14-7-2-3-8-15-26)11-12-21(20)27(25-22)16-13-18-9-5-4-6-10-18/h4-6,9-10,19H,2-3,7-8,11-17H2,1H3,(H,24,28). The van der Waals surface area contributed by atoms with E-state index in [1.165, 1.54) is 62.0 Å². The number of nitrogens with zero attached hydrogens (tertiary/aromatic N) is 3. The van der Waals surface area contributed by atoms with E-state index in [2.05, 4.69) is 39.2 Å². The van der Waals surface area contributed by atoms with Gasteiger partial charge >= 0.3 is 0 Å². The molecule has 28 heavy (non-hydrogen) atoms. The third kappa shape index (κ3) is 4.14. The summed E-state index contributed by atoms with van der Waals surface area (Å²) in [6, 6.07) is 11.1. The SMILES string of the molecule is CNC(=O)c1nn(CCc2ccccc2)c2c1CC(N1CCCCCC1)CC2. The maximum atomic E-state index is 12.5. The summed E-state index contributed by atoms with van der Waals surface area (Å²) in [5.41, 5.74) is 4.42. The highest BCUT2D eigenvalue weighted by molar-refractivity contribution is 5.93. The van der Waals surface area contributed by atoms with Gasteiger partial charge in [-0.2, -0.15) is 5.10 Å². The smallest absolute Gasteiger partial charge is 0.271 e. The van der Waals surface area contributed by atoms with Crippen LogP contribution in [0, 0.1) is 0 Å². The Balaban J connectivity index is 1.55. The van der Waals surface area contributed by atoms with E-state index in [0.717, 1.165) is 25.8 Å². The van der Waals surface area contributed by atoms with E-state index in [0.29, 0.717) is 11.7 Å². The average molecular weight is 381 g/mol. The molecule has 5 nitrogen and oxygen atoms in total. The van der Waals surface area contributed by atoms with Crippen LogP contribution in [0.3, 0.4) is 0 Å². The number of hydrogen-bond donors (Lipinski definition) is 1. The Morgan fingerprint density at radius 2 is 1.89 bits per heavy atom. The number of carbonyl (C=O) groups excluding carboxylic acids is 1. The van der Waals surface area contributed by atoms with Gasteiger partial charge in [-0.3, -0.25) is 9.48 Å². The van der Waals surface area contributed by atoms with Gasteiger partial charge < -0.3 is 10.2 Å². The molecule has 150 valence electrons. The van der Waals surface area contributed by atoms with E-state index in [1.807, 2.05) is 6.07 Å². The third-order valence-electron chi connectivity index (χ3n) is 6.37. The molecule has 1 aromatic carbocycles. The molecule has 1 amide bonds. The first-order chi connectivity index (χ1) is 13.8. The van der Waals surface area contributed by atoms with E-state index < -0.39 is 0 Å². The minimum absolute atomic E-state index is 0.0498. The van der Waals surface area contributed by atoms with Gasteiger partial charge in [0.05, 0.1) is 0 Å². The molecule has 1 aromatic heterocycles. The number of benzene rings is 1. The minimum atomic E-state index is -0.0498. The monoisotopic (exact) mass is 380 g/mol. The number of fused-ring (bicyclic) bond motifs is 1. The highest BCUT2D eigenvalue weighted by Gasteiger charge is 2.31. The lowest BCUT2D eigenvalue weighted by atomic mass is 9.90. The lowest BCUT2D eigenvalue weighted by Gasteiger charge is -2.33. The number of hydrogen-bond acceptors (Lipinski definition) is 3. The second kappa shape index (κ2) is 8.91. The van der Waals surface area contributed by atoms with Crippen LogP contribution >= 0.6 is 0 Å². The summed E-state index contributed by atoms with van der Waals surface area (Å²) >= 11 is 0. The summed E-state index contributed by atoms with van der Waals surface area (Å²) in [5, 5.41) is 7.56. The summed E-state index contributed by atoms with van der Waals surface area (Å²) in [6.45, 7) is 3.24. The quantitative estimate of drug-likeness (QED) is 0.866. The molecule has 1 fully saturated rings. The Labute approximate surface area is 168 Å². The summed E-state index contributed by atoms with van der Waals surface area (Å²) in [7, 11) is 1.70. The van der Waals surface area contributed by atoms with Crippen LogP contribution in [0.25, 0.3) is 0 Å². The van der Waals surface area contributed by atoms with Gasteiger partial charge in [-0.1, -0.05) is 43.2 Å². The fourth-order valence-corrected chi connectivity index (χ4v) is 4.81. The van der Waals surface area contributed by atoms with Crippen molar-refractivity contribution in [2.75, 3.05) is 20.1 Å². The maximum absolute atomic E-state index is 12.5. The van der Waals surface area contributed by atoms with E-state index in [-0.39, 0.29) is 5.91 Å². The molecular weight excluding hydrogens is 348 g/mol. The molecule has 0 saturated carbocycles. The topological polar surface area (TPSA) is 50.2 Å². The van der Waals surface area contributed by atoms with Gasteiger partial charge in [0.1, 0.15) is 0 Å². The lowest BCUT2D eigenvalue weighted by Crippen LogP contribution is -2.40. The molecule has 1 unspecified atom stereocenters. The molecule has 5 heteroatoms. The van der Waals surface area contributed by atoms with Crippen LogP contribution in [0.15, 0.2) is 30.3 Å². The third-order valence-corrected chi connectivity index (χ3v) is 6.37. The maximum Gasteiger partial charge on any atom is 0.271 e. The van der Waals surface area contributed by atoms with Crippen molar-refractivity contribution < 1.29 is 4.79 Å². The highest BCUT2D eigenvalue weighted by atomic mass is 16.1. The van der Waals surface area contributed by atoms with Gasteiger partial charge in [-0.25, -0.2) is 0 Å². The number of aryl methyl sites for hydroxylation is 2. The highest BCUT2D eigenvalue weighted by Crippen LogP contribution is 2.29. The lowest BCUT2D eigenvalue weighted by molar-refractivity contribution is 0.0955. The predicted molar refractivity (Wildman–Crippen MR) is 112 cm³/mol. The molecule has 0 spiro atoms. The van der Waals surface area contributed by atoms with E-state index in [9.17, 15) is 4.79 Å². The Kier molecular flexibility index (Phi) is 6.10. The molecule has 1 N–H and O–H groups in total. The summed E-state index contributed by atoms with van der Waals surface area (Å²) in [4.78, 5) is 15.2. The molecule has 2 heterocycles. The summed E-state index contributed by atoms with van der Waals surface area (Å²) in [6.07, 6.45) is 9.43. The largest absolute Gasteiger partial charge is 0.354 e. The van der Waals surface area contributed by atoms with E-state index >= 15 is 0 Å². The van der Waals surface area contributed by atoms with Crippen LogP contribution < -0.4 is 5.32 Å². The molecule has 1 saturated heterocycles. The van der Waals surface area contributed by atoms with Crippen molar-refractivity contribution in [3.63, 3.8) is 0 Å². The van der Waals surface area contributed by atoms with Gasteiger partial charge in [0.15, 0.2) is 5.69 Å². The van der Waals surface area contributed by atoms with Gasteiger partial charge in [-0.15, -0.1) is 0 Å². The normalized spacial score (nSPS) is 20.4. The molecule has 2 aliphatic rings. The molecule has 4 rings (SSSR count). The molecule has 1 atom stereocenters. The van der Waals surface area contributed by atoms with E-state index in [1.54, 1.807) is 7.05 Å². The van der Waals surface area contributed by atoms with E-state index in [4.69, 9.17) is 5.10 Å². The number of likely N-dealkylation sites (tertiary alicyclic amines) is 1. The number of nitrogens with one attached hydrogen (secondary N) is 1. The molecule has 0 bridgehead atoms. The van der Waals surface area contributed by atoms with Crippen molar-refractivity contribution in [2.24, 2.45) is 0 Å². The first-order valence-corrected chi connectivity index (χ1v) is 10.8. The van der Waals surface area contributed by atoms with Gasteiger partial charge in [0.25, 0.3) is 5.91 Å². The van der Waals surface area contributed by atoms with Crippen LogP contribution in [-0.4, -0.2) is 46.8 Å². The van der Waals surface area contributed by atoms with Crippen LogP contribution in [0.1, 0.15) is 59.4 Å². The molecule has 1 aliphatic heterocycles. The van der Waals surface area contributed by atoms with Crippen LogP contribution in [0.2, 0.25) is 0 Å². The van der Waals surface area contributed by atoms with Gasteiger partial charge in [0, 0.05) is 30.9 Å². The van der Waals surface area contributed by atoms with Crippen LogP contribution in [0.5, 0.6) is 0 Å². The fraction of sp³-hybridized carbons (Fsp3) is 0.565. The fourth-order valence-electron chi connectivity index (χ4n) is 4.81. The molecular formula is C23H32N4O. The number of aromatic nitrogens is 2. The second-order valence-corrected chi connectivity index (χ2v) is 8.16. The van der Waals surface area contributed by atoms with Crippen molar-refractivity contribution in [1.82, 2.24) is 20.0 Å². The van der Waals surface area contributed by atoms with Crippen molar-refractivity contribution >= 4 is 5.91 Å². The average Bonchev–Trinajstić information content (AvgIpc) is 2.91. The van der Waals surface area contributed by atoms with Crippen molar-refractivity contribution in [2.45, 2.75) is 64.0 Å². The summed E-state index contributed by atoms with van der Waals surface area (Å²) in [5.74, 6) is -0.0498. The molecule has 0 radical (unpaired) electrons. The number of carbonyl (C=O) groups is 1. The zero-order valence-corrected chi connectivity index (χ0v) is 17.0. The second-order valence-electron chi connectivity index (χ2n) is 8.16. The van der Waals surface area contributed by atoms with Crippen LogP contribution in [-0.2, 0) is 25.8 Å². The van der Waals surface area contributed by atoms with Crippen LogP contribution in [0.4, 0.5) is 0 Å². The van der Waals surface area contributed by atoms with Crippen molar-refractivity contribution in [1.29, 1.82) is 0 Å². The Bertz CT molecular complexity index is 790. The first kappa shape index (κ1) is 19.2. The Hall–Kier alpha value is -2.14. The predicted octanol–water partition coefficient (Wildman–Crippen LogP) is 3.22.